The number of urea groups is 1. The quantitative estimate of drug-likeness (QED) is 0.818. The zero-order chi connectivity index (χ0) is 15.5. The maximum atomic E-state index is 12.2. The number of methoxy groups -OCH3 is 1. The molecule has 1 saturated carbocycles. The molecule has 1 aromatic rings. The lowest BCUT2D eigenvalue weighted by Gasteiger charge is -2.47. The van der Waals surface area contributed by atoms with Crippen molar-refractivity contribution in [1.82, 2.24) is 5.32 Å². The molecule has 0 unspecified atom stereocenters. The first-order valence-electron chi connectivity index (χ1n) is 7.55. The van der Waals surface area contributed by atoms with Crippen LogP contribution in [0.2, 0.25) is 0 Å². The summed E-state index contributed by atoms with van der Waals surface area (Å²) < 4.78 is 11.0. The summed E-state index contributed by atoms with van der Waals surface area (Å²) in [6.45, 7) is 1.40. The van der Waals surface area contributed by atoms with Crippen LogP contribution in [0.3, 0.4) is 0 Å². The van der Waals surface area contributed by atoms with Gasteiger partial charge < -0.3 is 20.1 Å². The predicted molar refractivity (Wildman–Crippen MR) is 87.4 cm³/mol. The highest BCUT2D eigenvalue weighted by Gasteiger charge is 2.54. The largest absolute Gasteiger partial charge is 0.384 e. The first-order valence-corrected chi connectivity index (χ1v) is 8.77. The van der Waals surface area contributed by atoms with Crippen molar-refractivity contribution in [3.63, 3.8) is 0 Å². The first-order chi connectivity index (χ1) is 10.7. The number of nitrogens with one attached hydrogen (secondary N) is 2. The first kappa shape index (κ1) is 15.6. The summed E-state index contributed by atoms with van der Waals surface area (Å²) in [6.07, 6.45) is 3.28. The molecule has 2 N–H and O–H groups in total. The summed E-state index contributed by atoms with van der Waals surface area (Å²) in [4.78, 5) is 13.4. The SMILES string of the molecule is COC[C@@H]1[C@H](NC(=O)Nc2ccc(SC)cc2)[C@@H]2CCO[C@H]12. The van der Waals surface area contributed by atoms with Gasteiger partial charge in [0.05, 0.1) is 12.7 Å². The number of fused-ring (bicyclic) bond motifs is 1. The number of hydrogen-bond donors (Lipinski definition) is 2. The molecule has 1 aliphatic carbocycles. The monoisotopic (exact) mass is 322 g/mol. The van der Waals surface area contributed by atoms with Crippen molar-refractivity contribution in [3.8, 4) is 0 Å². The van der Waals surface area contributed by atoms with Crippen LogP contribution in [0, 0.1) is 11.8 Å². The zero-order valence-electron chi connectivity index (χ0n) is 12.9. The van der Waals surface area contributed by atoms with Crippen LogP contribution >= 0.6 is 11.8 Å². The van der Waals surface area contributed by atoms with E-state index in [1.165, 1.54) is 4.90 Å². The maximum Gasteiger partial charge on any atom is 0.319 e. The van der Waals surface area contributed by atoms with Crippen molar-refractivity contribution in [3.05, 3.63) is 24.3 Å². The summed E-state index contributed by atoms with van der Waals surface area (Å²) >= 11 is 1.68. The molecule has 2 amide bonds. The van der Waals surface area contributed by atoms with Gasteiger partial charge in [-0.2, -0.15) is 0 Å². The van der Waals surface area contributed by atoms with Gasteiger partial charge in [-0.15, -0.1) is 11.8 Å². The summed E-state index contributed by atoms with van der Waals surface area (Å²) in [5.74, 6) is 0.673. The van der Waals surface area contributed by atoms with Gasteiger partial charge in [0, 0.05) is 42.2 Å². The Labute approximate surface area is 135 Å². The molecule has 5 nitrogen and oxygen atoms in total. The Hall–Kier alpha value is -1.24. The third kappa shape index (κ3) is 3.09. The number of anilines is 1. The highest BCUT2D eigenvalue weighted by Crippen LogP contribution is 2.43. The molecule has 3 rings (SSSR count). The number of carbonyl (C=O) groups is 1. The Kier molecular flexibility index (Phi) is 4.90. The molecular weight excluding hydrogens is 300 g/mol. The Morgan fingerprint density at radius 3 is 2.86 bits per heavy atom. The molecule has 22 heavy (non-hydrogen) atoms. The van der Waals surface area contributed by atoms with E-state index < -0.39 is 0 Å². The van der Waals surface area contributed by atoms with E-state index in [1.54, 1.807) is 18.9 Å². The van der Waals surface area contributed by atoms with Crippen LogP contribution in [0.15, 0.2) is 29.2 Å². The Morgan fingerprint density at radius 2 is 2.18 bits per heavy atom. The van der Waals surface area contributed by atoms with Crippen molar-refractivity contribution in [1.29, 1.82) is 0 Å². The van der Waals surface area contributed by atoms with Crippen molar-refractivity contribution >= 4 is 23.5 Å². The van der Waals surface area contributed by atoms with Crippen LogP contribution in [0.4, 0.5) is 10.5 Å². The van der Waals surface area contributed by atoms with E-state index in [-0.39, 0.29) is 24.1 Å². The fraction of sp³-hybridized carbons (Fsp3) is 0.562. The number of hydrogen-bond acceptors (Lipinski definition) is 4. The van der Waals surface area contributed by atoms with Crippen molar-refractivity contribution < 1.29 is 14.3 Å². The minimum Gasteiger partial charge on any atom is -0.384 e. The van der Waals surface area contributed by atoms with Crippen LogP contribution in [0.1, 0.15) is 6.42 Å². The Bertz CT molecular complexity index is 523. The molecule has 1 saturated heterocycles. The van der Waals surface area contributed by atoms with E-state index in [0.29, 0.717) is 12.5 Å². The topological polar surface area (TPSA) is 59.6 Å². The highest BCUT2D eigenvalue weighted by molar-refractivity contribution is 7.98. The van der Waals surface area contributed by atoms with Gasteiger partial charge in [0.15, 0.2) is 0 Å². The zero-order valence-corrected chi connectivity index (χ0v) is 13.7. The maximum absolute atomic E-state index is 12.2. The van der Waals surface area contributed by atoms with E-state index in [2.05, 4.69) is 10.6 Å². The van der Waals surface area contributed by atoms with Crippen LogP contribution < -0.4 is 10.6 Å². The molecular formula is C16H22N2O3S. The second-order valence-electron chi connectivity index (χ2n) is 5.76. The molecule has 0 aromatic heterocycles. The van der Waals surface area contributed by atoms with Gasteiger partial charge in [0.1, 0.15) is 0 Å². The van der Waals surface area contributed by atoms with Crippen LogP contribution in [-0.2, 0) is 9.47 Å². The lowest BCUT2D eigenvalue weighted by Crippen LogP contribution is -2.63. The molecule has 2 aliphatic rings. The molecule has 0 spiro atoms. The summed E-state index contributed by atoms with van der Waals surface area (Å²) in [5.41, 5.74) is 0.803. The number of benzene rings is 1. The third-order valence-electron chi connectivity index (χ3n) is 4.53. The van der Waals surface area contributed by atoms with Crippen LogP contribution in [0.25, 0.3) is 0 Å². The Morgan fingerprint density at radius 1 is 1.41 bits per heavy atom. The van der Waals surface area contributed by atoms with Crippen LogP contribution in [-0.4, -0.2) is 44.8 Å². The fourth-order valence-corrected chi connectivity index (χ4v) is 3.84. The molecule has 0 bridgehead atoms. The smallest absolute Gasteiger partial charge is 0.319 e. The molecule has 120 valence electrons. The molecule has 2 fully saturated rings. The van der Waals surface area contributed by atoms with Gasteiger partial charge in [-0.25, -0.2) is 4.79 Å². The van der Waals surface area contributed by atoms with Gasteiger partial charge >= 0.3 is 6.03 Å². The van der Waals surface area contributed by atoms with Gasteiger partial charge in [-0.05, 0) is 36.9 Å². The van der Waals surface area contributed by atoms with Crippen LogP contribution in [0.5, 0.6) is 0 Å². The molecule has 0 radical (unpaired) electrons. The summed E-state index contributed by atoms with van der Waals surface area (Å²) in [5, 5.41) is 5.98. The second kappa shape index (κ2) is 6.89. The Balaban J connectivity index is 1.56. The van der Waals surface area contributed by atoms with E-state index in [0.717, 1.165) is 18.7 Å². The minimum atomic E-state index is -0.159. The fourth-order valence-electron chi connectivity index (χ4n) is 3.43. The highest BCUT2D eigenvalue weighted by atomic mass is 32.2. The van der Waals surface area contributed by atoms with Crippen molar-refractivity contribution in [2.24, 2.45) is 11.8 Å². The van der Waals surface area contributed by atoms with Crippen molar-refractivity contribution in [2.45, 2.75) is 23.5 Å². The molecule has 6 heteroatoms. The number of amides is 2. The lowest BCUT2D eigenvalue weighted by molar-refractivity contribution is -0.0798. The van der Waals surface area contributed by atoms with Crippen molar-refractivity contribution in [2.75, 3.05) is 31.9 Å². The minimum absolute atomic E-state index is 0.137. The van der Waals surface area contributed by atoms with Gasteiger partial charge in [-0.3, -0.25) is 0 Å². The van der Waals surface area contributed by atoms with Gasteiger partial charge in [0.2, 0.25) is 0 Å². The van der Waals surface area contributed by atoms with E-state index >= 15 is 0 Å². The standard InChI is InChI=1S/C16H22N2O3S/c1-20-9-13-14(12-7-8-21-15(12)13)18-16(19)17-10-3-5-11(22-2)6-4-10/h3-6,12-15H,7-9H2,1-2H3,(H2,17,18,19)/t12-,13+,14+,15-/m0/s1. The predicted octanol–water partition coefficient (Wildman–Crippen LogP) is 2.58. The van der Waals surface area contributed by atoms with E-state index in [9.17, 15) is 4.79 Å². The summed E-state index contributed by atoms with van der Waals surface area (Å²) in [7, 11) is 1.69. The molecule has 4 atom stereocenters. The normalized spacial score (nSPS) is 29.5. The van der Waals surface area contributed by atoms with E-state index in [1.807, 2.05) is 30.5 Å². The third-order valence-corrected chi connectivity index (χ3v) is 5.28. The molecule has 1 aliphatic heterocycles. The molecule has 1 aromatic carbocycles. The van der Waals surface area contributed by atoms with E-state index in [4.69, 9.17) is 9.47 Å². The average Bonchev–Trinajstić information content (AvgIpc) is 2.96. The van der Waals surface area contributed by atoms with Gasteiger partial charge in [-0.1, -0.05) is 0 Å². The molecule has 1 heterocycles. The number of rotatable bonds is 5. The lowest BCUT2D eigenvalue weighted by atomic mass is 9.67. The second-order valence-corrected chi connectivity index (χ2v) is 6.64. The van der Waals surface area contributed by atoms with Gasteiger partial charge in [0.25, 0.3) is 0 Å². The number of thioether (sulfide) groups is 1. The summed E-state index contributed by atoms with van der Waals surface area (Å²) in [6, 6.07) is 7.81. The average molecular weight is 322 g/mol. The number of carbonyl (C=O) groups excluding carboxylic acids is 1. The number of ether oxygens (including phenoxy) is 2.